The van der Waals surface area contributed by atoms with Gasteiger partial charge in [0.2, 0.25) is 17.7 Å². The first-order valence-corrected chi connectivity index (χ1v) is 14.6. The third kappa shape index (κ3) is 4.97. The first-order valence-electron chi connectivity index (χ1n) is 13.6. The van der Waals surface area contributed by atoms with E-state index in [1.54, 1.807) is 37.2 Å². The maximum atomic E-state index is 13.8. The van der Waals surface area contributed by atoms with Crippen molar-refractivity contribution in [2.45, 2.75) is 42.5 Å². The Morgan fingerprint density at radius 1 is 1.31 bits per heavy atom. The van der Waals surface area contributed by atoms with Crippen LogP contribution in [0.3, 0.4) is 0 Å². The third-order valence-corrected chi connectivity index (χ3v) is 9.50. The van der Waals surface area contributed by atoms with Crippen molar-refractivity contribution in [3.05, 3.63) is 48.2 Å². The summed E-state index contributed by atoms with van der Waals surface area (Å²) in [4.78, 5) is 38.3. The third-order valence-electron chi connectivity index (χ3n) is 8.43. The SMILES string of the molecule is CCC(CN1CCC2(C(=O)Nc3ccnc4ccc(OC)nc34)NCCC2C1)c1ccc2c(c1)NC(=O)CS2. The van der Waals surface area contributed by atoms with E-state index in [2.05, 4.69) is 55.9 Å². The predicted octanol–water partition coefficient (Wildman–Crippen LogP) is 3.87. The molecule has 5 heterocycles. The summed E-state index contributed by atoms with van der Waals surface area (Å²) in [7, 11) is 1.58. The Kier molecular flexibility index (Phi) is 7.18. The Balaban J connectivity index is 1.16. The number of amides is 2. The summed E-state index contributed by atoms with van der Waals surface area (Å²) in [5.41, 5.74) is 3.57. The Hall–Kier alpha value is -3.21. The largest absolute Gasteiger partial charge is 0.481 e. The Bertz CT molecular complexity index is 1420. The molecule has 2 saturated heterocycles. The number of pyridine rings is 2. The van der Waals surface area contributed by atoms with Gasteiger partial charge in [0.05, 0.1) is 29.8 Å². The molecule has 0 radical (unpaired) electrons. The molecule has 3 unspecified atom stereocenters. The molecule has 39 heavy (non-hydrogen) atoms. The van der Waals surface area contributed by atoms with E-state index in [0.717, 1.165) is 56.0 Å². The minimum absolute atomic E-state index is 0.00302. The van der Waals surface area contributed by atoms with Gasteiger partial charge in [-0.05, 0) is 61.6 Å². The normalized spacial score (nSPS) is 23.5. The molecular formula is C29H34N6O3S. The number of thioether (sulfide) groups is 1. The van der Waals surface area contributed by atoms with Crippen molar-refractivity contribution >= 4 is 46.0 Å². The Morgan fingerprint density at radius 2 is 2.21 bits per heavy atom. The molecule has 3 aliphatic heterocycles. The van der Waals surface area contributed by atoms with Gasteiger partial charge in [0.25, 0.3) is 0 Å². The number of carbonyl (C=O) groups excluding carboxylic acids is 2. The molecule has 9 nitrogen and oxygen atoms in total. The lowest BCUT2D eigenvalue weighted by Gasteiger charge is -2.44. The highest BCUT2D eigenvalue weighted by atomic mass is 32.2. The zero-order valence-electron chi connectivity index (χ0n) is 22.3. The molecule has 0 bridgehead atoms. The minimum atomic E-state index is -0.597. The van der Waals surface area contributed by atoms with E-state index in [4.69, 9.17) is 4.74 Å². The molecule has 3 N–H and O–H groups in total. The highest BCUT2D eigenvalue weighted by molar-refractivity contribution is 8.00. The smallest absolute Gasteiger partial charge is 0.245 e. The standard InChI is InChI=1S/C29H34N6O3S/c1-3-18(19-4-6-24-23(14-19)32-25(36)17-39-24)15-35-13-10-29(20(16-35)8-12-31-29)28(37)33-22-9-11-30-21-5-7-26(38-2)34-27(21)22/h4-7,9,11,14,18,20,31H,3,8,10,12-13,15-17H2,1-2H3,(H,32,36)(H,30,33,37). The quantitative estimate of drug-likeness (QED) is 0.410. The zero-order valence-corrected chi connectivity index (χ0v) is 23.1. The van der Waals surface area contributed by atoms with Crippen molar-refractivity contribution in [2.24, 2.45) is 5.92 Å². The number of anilines is 2. The lowest BCUT2D eigenvalue weighted by molar-refractivity contribution is -0.125. The molecule has 2 fully saturated rings. The van der Waals surface area contributed by atoms with Gasteiger partial charge >= 0.3 is 0 Å². The van der Waals surface area contributed by atoms with Gasteiger partial charge in [0, 0.05) is 42.7 Å². The molecule has 6 rings (SSSR count). The number of likely N-dealkylation sites (tertiary alicyclic amines) is 1. The summed E-state index contributed by atoms with van der Waals surface area (Å²) < 4.78 is 5.29. The number of carbonyl (C=O) groups is 2. The minimum Gasteiger partial charge on any atom is -0.481 e. The van der Waals surface area contributed by atoms with Crippen LogP contribution in [0.15, 0.2) is 47.5 Å². The van der Waals surface area contributed by atoms with E-state index in [1.807, 2.05) is 6.07 Å². The van der Waals surface area contributed by atoms with Crippen LogP contribution in [0.4, 0.5) is 11.4 Å². The molecule has 10 heteroatoms. The van der Waals surface area contributed by atoms with Crippen LogP contribution in [0.5, 0.6) is 5.88 Å². The van der Waals surface area contributed by atoms with Crippen molar-refractivity contribution in [1.29, 1.82) is 0 Å². The van der Waals surface area contributed by atoms with Crippen LogP contribution in [0.25, 0.3) is 11.0 Å². The van der Waals surface area contributed by atoms with Gasteiger partial charge in [0.1, 0.15) is 11.1 Å². The molecule has 1 aromatic carbocycles. The van der Waals surface area contributed by atoms with E-state index in [-0.39, 0.29) is 17.7 Å². The monoisotopic (exact) mass is 546 g/mol. The fraction of sp³-hybridized carbons (Fsp3) is 0.448. The summed E-state index contributed by atoms with van der Waals surface area (Å²) in [6.45, 7) is 5.70. The summed E-state index contributed by atoms with van der Waals surface area (Å²) in [6.07, 6.45) is 4.42. The van der Waals surface area contributed by atoms with E-state index in [9.17, 15) is 9.59 Å². The molecule has 204 valence electrons. The van der Waals surface area contributed by atoms with Crippen LogP contribution < -0.4 is 20.7 Å². The molecule has 2 aromatic heterocycles. The number of fused-ring (bicyclic) bond motifs is 3. The highest BCUT2D eigenvalue weighted by Crippen LogP contribution is 2.39. The first kappa shape index (κ1) is 26.0. The second kappa shape index (κ2) is 10.7. The van der Waals surface area contributed by atoms with Gasteiger partial charge in [-0.25, -0.2) is 4.98 Å². The lowest BCUT2D eigenvalue weighted by Crippen LogP contribution is -2.61. The first-order chi connectivity index (χ1) is 19.0. The van der Waals surface area contributed by atoms with Gasteiger partial charge in [-0.1, -0.05) is 13.0 Å². The molecule has 0 spiro atoms. The average Bonchev–Trinajstić information content (AvgIpc) is 3.40. The molecule has 2 amide bonds. The molecule has 3 aliphatic rings. The summed E-state index contributed by atoms with van der Waals surface area (Å²) in [6, 6.07) is 11.9. The van der Waals surface area contributed by atoms with Crippen LogP contribution in [0.1, 0.15) is 37.7 Å². The molecule has 0 saturated carbocycles. The second-order valence-electron chi connectivity index (χ2n) is 10.6. The van der Waals surface area contributed by atoms with E-state index < -0.39 is 5.54 Å². The van der Waals surface area contributed by atoms with Crippen molar-refractivity contribution < 1.29 is 14.3 Å². The summed E-state index contributed by atoms with van der Waals surface area (Å²) in [5.74, 6) is 1.60. The number of nitrogens with zero attached hydrogens (tertiary/aromatic N) is 3. The number of benzene rings is 1. The number of hydrogen-bond acceptors (Lipinski definition) is 8. The summed E-state index contributed by atoms with van der Waals surface area (Å²) in [5, 5.41) is 9.78. The topological polar surface area (TPSA) is 108 Å². The number of methoxy groups -OCH3 is 1. The fourth-order valence-electron chi connectivity index (χ4n) is 6.27. The molecule has 0 aliphatic carbocycles. The van der Waals surface area contributed by atoms with Crippen molar-refractivity contribution in [1.82, 2.24) is 20.2 Å². The van der Waals surface area contributed by atoms with Crippen LogP contribution in [-0.4, -0.2) is 71.3 Å². The van der Waals surface area contributed by atoms with Crippen LogP contribution >= 0.6 is 11.8 Å². The maximum absolute atomic E-state index is 13.8. The summed E-state index contributed by atoms with van der Waals surface area (Å²) >= 11 is 1.59. The van der Waals surface area contributed by atoms with Crippen molar-refractivity contribution in [2.75, 3.05) is 49.7 Å². The lowest BCUT2D eigenvalue weighted by atomic mass is 9.78. The van der Waals surface area contributed by atoms with Gasteiger partial charge in [-0.2, -0.15) is 0 Å². The maximum Gasteiger partial charge on any atom is 0.245 e. The van der Waals surface area contributed by atoms with Crippen molar-refractivity contribution in [3.63, 3.8) is 0 Å². The number of nitrogens with one attached hydrogen (secondary N) is 3. The van der Waals surface area contributed by atoms with Gasteiger partial charge < -0.3 is 25.6 Å². The molecule has 3 atom stereocenters. The molecule has 3 aromatic rings. The average molecular weight is 547 g/mol. The highest BCUT2D eigenvalue weighted by Gasteiger charge is 2.51. The van der Waals surface area contributed by atoms with E-state index in [0.29, 0.717) is 34.3 Å². The zero-order chi connectivity index (χ0) is 27.0. The van der Waals surface area contributed by atoms with Crippen LogP contribution in [0, 0.1) is 5.92 Å². The van der Waals surface area contributed by atoms with Gasteiger partial charge in [-0.15, -0.1) is 11.8 Å². The number of aromatic nitrogens is 2. The number of piperidine rings is 1. The van der Waals surface area contributed by atoms with Crippen LogP contribution in [0.2, 0.25) is 0 Å². The van der Waals surface area contributed by atoms with Gasteiger partial charge in [-0.3, -0.25) is 14.6 Å². The number of ether oxygens (including phenoxy) is 1. The fourth-order valence-corrected chi connectivity index (χ4v) is 7.06. The second-order valence-corrected chi connectivity index (χ2v) is 11.6. The predicted molar refractivity (Wildman–Crippen MR) is 153 cm³/mol. The van der Waals surface area contributed by atoms with E-state index in [1.165, 1.54) is 5.56 Å². The van der Waals surface area contributed by atoms with Crippen LogP contribution in [-0.2, 0) is 9.59 Å². The number of rotatable bonds is 7. The molecular weight excluding hydrogens is 512 g/mol. The van der Waals surface area contributed by atoms with Crippen molar-refractivity contribution in [3.8, 4) is 5.88 Å². The number of hydrogen-bond donors (Lipinski definition) is 3. The Morgan fingerprint density at radius 3 is 3.05 bits per heavy atom. The van der Waals surface area contributed by atoms with Gasteiger partial charge in [0.15, 0.2) is 0 Å². The van der Waals surface area contributed by atoms with E-state index >= 15 is 0 Å². The Labute approximate surface area is 232 Å².